The zero-order valence-corrected chi connectivity index (χ0v) is 9.63. The second kappa shape index (κ2) is 4.53. The molecule has 2 aromatic rings. The van der Waals surface area contributed by atoms with Gasteiger partial charge in [-0.15, -0.1) is 0 Å². The van der Waals surface area contributed by atoms with Crippen LogP contribution in [-0.4, -0.2) is 7.11 Å². The fourth-order valence-corrected chi connectivity index (χ4v) is 1.80. The molecular weight excluding hydrogens is 222 g/mol. The molecule has 0 atom stereocenters. The SMILES string of the molecule is COc1cccc(F)c1-c1cc(F)ccc1C. The third-order valence-electron chi connectivity index (χ3n) is 2.66. The quantitative estimate of drug-likeness (QED) is 0.764. The van der Waals surface area contributed by atoms with Crippen LogP contribution in [0.4, 0.5) is 8.78 Å². The highest BCUT2D eigenvalue weighted by molar-refractivity contribution is 5.73. The molecule has 0 aliphatic heterocycles. The summed E-state index contributed by atoms with van der Waals surface area (Å²) in [6, 6.07) is 8.84. The number of methoxy groups -OCH3 is 1. The predicted molar refractivity (Wildman–Crippen MR) is 63.1 cm³/mol. The van der Waals surface area contributed by atoms with Crippen LogP contribution >= 0.6 is 0 Å². The van der Waals surface area contributed by atoms with E-state index < -0.39 is 11.6 Å². The Morgan fingerprint density at radius 1 is 1.06 bits per heavy atom. The highest BCUT2D eigenvalue weighted by Gasteiger charge is 2.14. The van der Waals surface area contributed by atoms with Crippen molar-refractivity contribution in [1.82, 2.24) is 0 Å². The number of hydrogen-bond acceptors (Lipinski definition) is 1. The molecule has 0 heterocycles. The van der Waals surface area contributed by atoms with Crippen molar-refractivity contribution < 1.29 is 13.5 Å². The minimum atomic E-state index is -0.418. The molecule has 0 unspecified atom stereocenters. The van der Waals surface area contributed by atoms with Crippen LogP contribution in [0, 0.1) is 18.6 Å². The molecule has 0 bridgehead atoms. The third-order valence-corrected chi connectivity index (χ3v) is 2.66. The van der Waals surface area contributed by atoms with Gasteiger partial charge >= 0.3 is 0 Å². The van der Waals surface area contributed by atoms with Crippen molar-refractivity contribution in [3.63, 3.8) is 0 Å². The van der Waals surface area contributed by atoms with Gasteiger partial charge in [0.25, 0.3) is 0 Å². The highest BCUT2D eigenvalue weighted by atomic mass is 19.1. The van der Waals surface area contributed by atoms with Crippen molar-refractivity contribution in [1.29, 1.82) is 0 Å². The smallest absolute Gasteiger partial charge is 0.134 e. The maximum atomic E-state index is 13.8. The van der Waals surface area contributed by atoms with Crippen LogP contribution in [0.2, 0.25) is 0 Å². The van der Waals surface area contributed by atoms with Gasteiger partial charge < -0.3 is 4.74 Å². The molecule has 0 radical (unpaired) electrons. The number of benzene rings is 2. The lowest BCUT2D eigenvalue weighted by atomic mass is 9.99. The first-order valence-corrected chi connectivity index (χ1v) is 5.22. The second-order valence-electron chi connectivity index (χ2n) is 3.78. The van der Waals surface area contributed by atoms with Gasteiger partial charge in [-0.25, -0.2) is 8.78 Å². The normalized spacial score (nSPS) is 10.4. The van der Waals surface area contributed by atoms with E-state index in [4.69, 9.17) is 4.74 Å². The maximum Gasteiger partial charge on any atom is 0.134 e. The van der Waals surface area contributed by atoms with Crippen molar-refractivity contribution >= 4 is 0 Å². The van der Waals surface area contributed by atoms with Gasteiger partial charge in [-0.2, -0.15) is 0 Å². The monoisotopic (exact) mass is 234 g/mol. The lowest BCUT2D eigenvalue weighted by Crippen LogP contribution is -1.94. The van der Waals surface area contributed by atoms with Gasteiger partial charge in [-0.05, 0) is 42.3 Å². The number of ether oxygens (including phenoxy) is 1. The largest absolute Gasteiger partial charge is 0.496 e. The average molecular weight is 234 g/mol. The van der Waals surface area contributed by atoms with Gasteiger partial charge in [0.2, 0.25) is 0 Å². The van der Waals surface area contributed by atoms with Gasteiger partial charge in [0.15, 0.2) is 0 Å². The minimum Gasteiger partial charge on any atom is -0.496 e. The Kier molecular flexibility index (Phi) is 3.09. The molecule has 17 heavy (non-hydrogen) atoms. The summed E-state index contributed by atoms with van der Waals surface area (Å²) in [6.07, 6.45) is 0. The van der Waals surface area contributed by atoms with E-state index in [1.54, 1.807) is 25.1 Å². The summed E-state index contributed by atoms with van der Waals surface area (Å²) < 4.78 is 32.2. The van der Waals surface area contributed by atoms with E-state index >= 15 is 0 Å². The van der Waals surface area contributed by atoms with Gasteiger partial charge in [-0.1, -0.05) is 12.1 Å². The summed E-state index contributed by atoms with van der Waals surface area (Å²) >= 11 is 0. The van der Waals surface area contributed by atoms with Crippen molar-refractivity contribution in [2.75, 3.05) is 7.11 Å². The zero-order valence-electron chi connectivity index (χ0n) is 9.63. The Bertz CT molecular complexity index is 550. The van der Waals surface area contributed by atoms with Crippen molar-refractivity contribution in [3.8, 4) is 16.9 Å². The molecule has 0 saturated carbocycles. The van der Waals surface area contributed by atoms with Crippen LogP contribution in [0.3, 0.4) is 0 Å². The van der Waals surface area contributed by atoms with Crippen LogP contribution < -0.4 is 4.74 Å². The molecule has 0 N–H and O–H groups in total. The fourth-order valence-electron chi connectivity index (χ4n) is 1.80. The van der Waals surface area contributed by atoms with Crippen molar-refractivity contribution in [2.24, 2.45) is 0 Å². The molecule has 88 valence electrons. The minimum absolute atomic E-state index is 0.298. The van der Waals surface area contributed by atoms with Gasteiger partial charge in [-0.3, -0.25) is 0 Å². The molecule has 2 rings (SSSR count). The molecular formula is C14H12F2O. The van der Waals surface area contributed by atoms with Crippen LogP contribution in [0.5, 0.6) is 5.75 Å². The summed E-state index contributed by atoms with van der Waals surface area (Å²) in [5.74, 6) is -0.410. The summed E-state index contributed by atoms with van der Waals surface area (Å²) in [4.78, 5) is 0. The molecule has 1 nitrogen and oxygen atoms in total. The van der Waals surface area contributed by atoms with E-state index in [9.17, 15) is 8.78 Å². The molecule has 0 amide bonds. The zero-order chi connectivity index (χ0) is 12.4. The molecule has 3 heteroatoms. The molecule has 2 aromatic carbocycles. The van der Waals surface area contributed by atoms with Crippen LogP contribution in [0.15, 0.2) is 36.4 Å². The van der Waals surface area contributed by atoms with E-state index in [1.165, 1.54) is 25.3 Å². The van der Waals surface area contributed by atoms with Crippen LogP contribution in [0.25, 0.3) is 11.1 Å². The number of halogens is 2. The summed E-state index contributed by atoms with van der Waals surface area (Å²) in [6.45, 7) is 1.81. The Labute approximate surface area is 98.7 Å². The first kappa shape index (κ1) is 11.6. The lowest BCUT2D eigenvalue weighted by molar-refractivity contribution is 0.413. The first-order valence-electron chi connectivity index (χ1n) is 5.22. The molecule has 0 aromatic heterocycles. The third kappa shape index (κ3) is 2.13. The van der Waals surface area contributed by atoms with Crippen LogP contribution in [-0.2, 0) is 0 Å². The average Bonchev–Trinajstić information content (AvgIpc) is 2.32. The summed E-state index contributed by atoms with van der Waals surface area (Å²) in [5.41, 5.74) is 1.61. The topological polar surface area (TPSA) is 9.23 Å². The number of hydrogen-bond donors (Lipinski definition) is 0. The van der Waals surface area contributed by atoms with E-state index in [-0.39, 0.29) is 0 Å². The van der Waals surface area contributed by atoms with E-state index in [1.807, 2.05) is 0 Å². The Balaban J connectivity index is 2.71. The fraction of sp³-hybridized carbons (Fsp3) is 0.143. The molecule has 0 aliphatic carbocycles. The first-order chi connectivity index (χ1) is 8.13. The molecule has 0 aliphatic rings. The van der Waals surface area contributed by atoms with E-state index in [0.29, 0.717) is 16.9 Å². The number of rotatable bonds is 2. The van der Waals surface area contributed by atoms with E-state index in [2.05, 4.69) is 0 Å². The summed E-state index contributed by atoms with van der Waals surface area (Å²) in [5, 5.41) is 0. The molecule has 0 saturated heterocycles. The summed E-state index contributed by atoms with van der Waals surface area (Å²) in [7, 11) is 1.47. The van der Waals surface area contributed by atoms with Gasteiger partial charge in [0, 0.05) is 0 Å². The Morgan fingerprint density at radius 2 is 1.82 bits per heavy atom. The van der Waals surface area contributed by atoms with Crippen LogP contribution in [0.1, 0.15) is 5.56 Å². The van der Waals surface area contributed by atoms with Crippen molar-refractivity contribution in [3.05, 3.63) is 53.6 Å². The highest BCUT2D eigenvalue weighted by Crippen LogP contribution is 2.34. The Morgan fingerprint density at radius 3 is 2.53 bits per heavy atom. The molecule has 0 spiro atoms. The maximum absolute atomic E-state index is 13.8. The van der Waals surface area contributed by atoms with Gasteiger partial charge in [0.1, 0.15) is 17.4 Å². The Hall–Kier alpha value is -1.90. The van der Waals surface area contributed by atoms with Gasteiger partial charge in [0.05, 0.1) is 12.7 Å². The second-order valence-corrected chi connectivity index (χ2v) is 3.78. The number of aryl methyl sites for hydroxylation is 1. The lowest BCUT2D eigenvalue weighted by Gasteiger charge is -2.12. The standard InChI is InChI=1S/C14H12F2O/c1-9-6-7-10(15)8-11(9)14-12(16)4-3-5-13(14)17-2/h3-8H,1-2H3. The van der Waals surface area contributed by atoms with E-state index in [0.717, 1.165) is 5.56 Å². The predicted octanol–water partition coefficient (Wildman–Crippen LogP) is 3.95. The molecule has 0 fully saturated rings. The van der Waals surface area contributed by atoms with Crippen molar-refractivity contribution in [2.45, 2.75) is 6.92 Å².